The summed E-state index contributed by atoms with van der Waals surface area (Å²) in [6.45, 7) is 0. The van der Waals surface area contributed by atoms with Crippen LogP contribution in [0.2, 0.25) is 0 Å². The molecule has 0 aliphatic heterocycles. The van der Waals surface area contributed by atoms with Crippen molar-refractivity contribution in [3.05, 3.63) is 22.4 Å². The number of carbonyl (C=O) groups excluding carboxylic acids is 2. The van der Waals surface area contributed by atoms with Gasteiger partial charge in [0.2, 0.25) is 0 Å². The maximum absolute atomic E-state index is 11.3. The summed E-state index contributed by atoms with van der Waals surface area (Å²) in [5, 5.41) is 1.75. The molecule has 64 valence electrons. The Bertz CT molecular complexity index is 277. The lowest BCUT2D eigenvalue weighted by Crippen LogP contribution is -2.02. The molecule has 0 saturated carbocycles. The minimum Gasteiger partial charge on any atom is -0.293 e. The van der Waals surface area contributed by atoms with Gasteiger partial charge in [-0.2, -0.15) is 0 Å². The van der Waals surface area contributed by atoms with Gasteiger partial charge in [0.1, 0.15) is 0 Å². The monoisotopic (exact) mass is 200 g/mol. The first kappa shape index (κ1) is 9.48. The fourth-order valence-electron chi connectivity index (χ4n) is 0.728. The van der Waals surface area contributed by atoms with E-state index in [4.69, 9.17) is 0 Å². The van der Waals surface area contributed by atoms with Gasteiger partial charge in [-0.1, -0.05) is 17.8 Å². The van der Waals surface area contributed by atoms with Crippen molar-refractivity contribution >= 4 is 34.0 Å². The van der Waals surface area contributed by atoms with Crippen molar-refractivity contribution in [1.82, 2.24) is 0 Å². The summed E-state index contributed by atoms with van der Waals surface area (Å²) in [5.74, 6) is -0.0793. The van der Waals surface area contributed by atoms with Gasteiger partial charge in [0.05, 0.1) is 11.3 Å². The predicted octanol–water partition coefficient (Wildman–Crippen LogP) is 2.21. The Hall–Kier alpha value is -0.610. The third kappa shape index (κ3) is 2.46. The van der Waals surface area contributed by atoms with E-state index in [1.807, 2.05) is 11.4 Å². The molecule has 0 aromatic carbocycles. The van der Waals surface area contributed by atoms with Gasteiger partial charge in [-0.25, -0.2) is 0 Å². The zero-order chi connectivity index (χ0) is 8.97. The summed E-state index contributed by atoms with van der Waals surface area (Å²) in [6, 6.07) is 3.54. The van der Waals surface area contributed by atoms with Crippen molar-refractivity contribution in [3.8, 4) is 0 Å². The molecular weight excluding hydrogens is 192 g/mol. The van der Waals surface area contributed by atoms with Crippen LogP contribution in [0, 0.1) is 0 Å². The second kappa shape index (κ2) is 4.42. The number of hydrogen-bond acceptors (Lipinski definition) is 4. The smallest absolute Gasteiger partial charge is 0.196 e. The average molecular weight is 200 g/mol. The Morgan fingerprint density at radius 3 is 2.83 bits per heavy atom. The van der Waals surface area contributed by atoms with Crippen molar-refractivity contribution in [2.24, 2.45) is 0 Å². The molecule has 4 heteroatoms. The maximum atomic E-state index is 11.3. The first-order valence-electron chi connectivity index (χ1n) is 3.37. The highest BCUT2D eigenvalue weighted by atomic mass is 32.2. The minimum absolute atomic E-state index is 0.0156. The molecule has 1 heterocycles. The fraction of sp³-hybridized carbons (Fsp3) is 0.250. The van der Waals surface area contributed by atoms with Gasteiger partial charge in [-0.05, 0) is 17.7 Å². The molecule has 0 spiro atoms. The molecular formula is C8H8O2S2. The van der Waals surface area contributed by atoms with Crippen LogP contribution in [0.3, 0.4) is 0 Å². The molecule has 1 aromatic heterocycles. The second-order valence-electron chi connectivity index (χ2n) is 2.15. The first-order chi connectivity index (χ1) is 5.74. The Balaban J connectivity index is 2.56. The zero-order valence-corrected chi connectivity index (χ0v) is 8.21. The molecule has 0 atom stereocenters. The number of Topliss-reactive ketones (excluding diaryl/α,β-unsaturated/α-hetero) is 1. The van der Waals surface area contributed by atoms with E-state index in [0.29, 0.717) is 4.88 Å². The number of rotatable bonds is 3. The Labute approximate surface area is 79.0 Å². The lowest BCUT2D eigenvalue weighted by atomic mass is 10.2. The first-order valence-corrected chi connectivity index (χ1v) is 5.48. The molecule has 0 aliphatic carbocycles. The van der Waals surface area contributed by atoms with E-state index in [2.05, 4.69) is 0 Å². The van der Waals surface area contributed by atoms with Crippen LogP contribution in [0.25, 0.3) is 0 Å². The molecule has 2 nitrogen and oxygen atoms in total. The summed E-state index contributed by atoms with van der Waals surface area (Å²) in [6.07, 6.45) is 1.70. The van der Waals surface area contributed by atoms with Gasteiger partial charge < -0.3 is 0 Å². The maximum Gasteiger partial charge on any atom is 0.196 e. The van der Waals surface area contributed by atoms with E-state index in [1.165, 1.54) is 11.3 Å². The van der Waals surface area contributed by atoms with E-state index in [9.17, 15) is 9.59 Å². The van der Waals surface area contributed by atoms with Crippen LogP contribution in [-0.2, 0) is 4.79 Å². The van der Waals surface area contributed by atoms with Crippen molar-refractivity contribution in [3.63, 3.8) is 0 Å². The lowest BCUT2D eigenvalue weighted by Gasteiger charge is -1.93. The van der Waals surface area contributed by atoms with Crippen molar-refractivity contribution in [2.75, 3.05) is 6.26 Å². The van der Waals surface area contributed by atoms with Gasteiger partial charge in [0.25, 0.3) is 0 Å². The lowest BCUT2D eigenvalue weighted by molar-refractivity contribution is -0.110. The Morgan fingerprint density at radius 2 is 2.33 bits per heavy atom. The molecule has 0 aliphatic rings. The molecule has 0 N–H and O–H groups in total. The summed E-state index contributed by atoms with van der Waals surface area (Å²) in [5.41, 5.74) is 0. The van der Waals surface area contributed by atoms with E-state index < -0.39 is 0 Å². The molecule has 0 unspecified atom stereocenters. The third-order valence-corrected chi connectivity index (χ3v) is 2.84. The summed E-state index contributed by atoms with van der Waals surface area (Å²) in [4.78, 5) is 22.8. The highest BCUT2D eigenvalue weighted by Crippen LogP contribution is 2.13. The van der Waals surface area contributed by atoms with Gasteiger partial charge in [0, 0.05) is 0 Å². The summed E-state index contributed by atoms with van der Waals surface area (Å²) >= 11 is 2.47. The largest absolute Gasteiger partial charge is 0.293 e. The third-order valence-electron chi connectivity index (χ3n) is 1.33. The van der Waals surface area contributed by atoms with Crippen LogP contribution in [-0.4, -0.2) is 17.2 Å². The van der Waals surface area contributed by atoms with E-state index >= 15 is 0 Å². The van der Waals surface area contributed by atoms with Crippen LogP contribution < -0.4 is 0 Å². The quantitative estimate of drug-likeness (QED) is 0.554. The number of hydrogen-bond donors (Lipinski definition) is 0. The summed E-state index contributed by atoms with van der Waals surface area (Å²) in [7, 11) is 0. The van der Waals surface area contributed by atoms with Crippen LogP contribution >= 0.6 is 23.1 Å². The molecule has 0 amide bonds. The predicted molar refractivity (Wildman–Crippen MR) is 51.8 cm³/mol. The molecule has 0 bridgehead atoms. The van der Waals surface area contributed by atoms with Gasteiger partial charge in [0.15, 0.2) is 10.9 Å². The van der Waals surface area contributed by atoms with E-state index in [1.54, 1.807) is 12.3 Å². The van der Waals surface area contributed by atoms with Gasteiger partial charge in [-0.3, -0.25) is 9.59 Å². The number of ketones is 1. The van der Waals surface area contributed by atoms with Gasteiger partial charge in [-0.15, -0.1) is 11.3 Å². The minimum atomic E-state index is -0.0793. The molecule has 0 saturated heterocycles. The standard InChI is InChI=1S/C8H8O2S2/c1-11-8(10)5-6(9)7-3-2-4-12-7/h2-4H,5H2,1H3. The fourth-order valence-corrected chi connectivity index (χ4v) is 1.67. The van der Waals surface area contributed by atoms with Gasteiger partial charge >= 0.3 is 0 Å². The van der Waals surface area contributed by atoms with Crippen molar-refractivity contribution in [1.29, 1.82) is 0 Å². The van der Waals surface area contributed by atoms with Crippen LogP contribution in [0.5, 0.6) is 0 Å². The topological polar surface area (TPSA) is 34.1 Å². The summed E-state index contributed by atoms with van der Waals surface area (Å²) < 4.78 is 0. The van der Waals surface area contributed by atoms with Crippen molar-refractivity contribution < 1.29 is 9.59 Å². The zero-order valence-electron chi connectivity index (χ0n) is 6.57. The molecule has 1 rings (SSSR count). The average Bonchev–Trinajstić information content (AvgIpc) is 2.56. The number of thiophene rings is 1. The highest BCUT2D eigenvalue weighted by Gasteiger charge is 2.10. The number of thioether (sulfide) groups is 1. The Kier molecular flexibility index (Phi) is 3.49. The van der Waals surface area contributed by atoms with E-state index in [-0.39, 0.29) is 17.3 Å². The molecule has 12 heavy (non-hydrogen) atoms. The highest BCUT2D eigenvalue weighted by molar-refractivity contribution is 8.13. The SMILES string of the molecule is CSC(=O)CC(=O)c1cccs1. The normalized spacial score (nSPS) is 9.75. The van der Waals surface area contributed by atoms with Crippen LogP contribution in [0.15, 0.2) is 17.5 Å². The van der Waals surface area contributed by atoms with Crippen LogP contribution in [0.1, 0.15) is 16.1 Å². The van der Waals surface area contributed by atoms with Crippen molar-refractivity contribution in [2.45, 2.75) is 6.42 Å². The second-order valence-corrected chi connectivity index (χ2v) is 3.96. The Morgan fingerprint density at radius 1 is 1.58 bits per heavy atom. The van der Waals surface area contributed by atoms with Crippen LogP contribution in [0.4, 0.5) is 0 Å². The molecule has 0 radical (unpaired) electrons. The van der Waals surface area contributed by atoms with E-state index in [0.717, 1.165) is 11.8 Å². The molecule has 1 aromatic rings. The number of carbonyl (C=O) groups is 2. The molecule has 0 fully saturated rings.